The maximum Gasteiger partial charge on any atom is 0.328 e. The molecule has 45 heavy (non-hydrogen) atoms. The summed E-state index contributed by atoms with van der Waals surface area (Å²) in [5.74, 6) is -4.53. The highest BCUT2D eigenvalue weighted by atomic mass is 16.4. The lowest BCUT2D eigenvalue weighted by Crippen LogP contribution is -2.60. The van der Waals surface area contributed by atoms with Gasteiger partial charge in [0.15, 0.2) is 0 Å². The van der Waals surface area contributed by atoms with Gasteiger partial charge in [0, 0.05) is 31.4 Å². The van der Waals surface area contributed by atoms with Gasteiger partial charge in [0.05, 0.1) is 25.6 Å². The number of rotatable bonds is 15. The molecule has 3 heterocycles. The van der Waals surface area contributed by atoms with E-state index >= 15 is 0 Å². The number of carboxylic acids is 1. The van der Waals surface area contributed by atoms with Crippen LogP contribution in [0.1, 0.15) is 51.6 Å². The van der Waals surface area contributed by atoms with Crippen LogP contribution in [0, 0.1) is 5.92 Å². The lowest BCUT2D eigenvalue weighted by molar-refractivity contribution is -0.147. The first-order valence-electron chi connectivity index (χ1n) is 15.1. The van der Waals surface area contributed by atoms with Crippen molar-refractivity contribution in [3.63, 3.8) is 0 Å². The Balaban J connectivity index is 1.73. The SMILES string of the molecule is CC(C)C[C@H](N)C(=O)N1CCC[C@H]1C(=O)N1CCC[C@H]1C(=O)N[C@@H](Cc1cnc[nH]1)C(=O)N[C@@H](CO)C(=O)N[C@@H](CO)C(=O)O. The van der Waals surface area contributed by atoms with Crippen molar-refractivity contribution in [2.45, 2.75) is 88.6 Å². The zero-order valence-corrected chi connectivity index (χ0v) is 25.5. The van der Waals surface area contributed by atoms with E-state index in [2.05, 4.69) is 20.6 Å². The van der Waals surface area contributed by atoms with Crippen molar-refractivity contribution in [3.8, 4) is 0 Å². The molecule has 0 aliphatic carbocycles. The fourth-order valence-electron chi connectivity index (χ4n) is 5.62. The number of carbonyl (C=O) groups excluding carboxylic acids is 5. The second-order valence-corrected chi connectivity index (χ2v) is 11.8. The van der Waals surface area contributed by atoms with E-state index in [1.54, 1.807) is 0 Å². The van der Waals surface area contributed by atoms with Crippen LogP contribution in [0.2, 0.25) is 0 Å². The Kier molecular flexibility index (Phi) is 12.8. The van der Waals surface area contributed by atoms with Crippen molar-refractivity contribution in [3.05, 3.63) is 18.2 Å². The molecule has 0 spiro atoms. The molecule has 0 unspecified atom stereocenters. The maximum atomic E-state index is 13.7. The van der Waals surface area contributed by atoms with E-state index in [1.165, 1.54) is 22.3 Å². The highest BCUT2D eigenvalue weighted by Gasteiger charge is 2.43. The Labute approximate surface area is 260 Å². The number of H-pyrrole nitrogens is 1. The standard InChI is InChI=1S/C28H44N8O9/c1-15(2)9-17(29)26(42)36-8-4-6-22(36)27(43)35-7-3-5-21(35)25(41)32-18(10-16-11-30-14-31-16)23(39)33-19(12-37)24(40)34-20(13-38)28(44)45/h11,14-15,17-22,37-38H,3-10,12-13,29H2,1-2H3,(H,30,31)(H,32,41)(H,33,39)(H,34,40)(H,44,45)/t17-,18-,19-,20-,21-,22-/m0/s1. The highest BCUT2D eigenvalue weighted by Crippen LogP contribution is 2.26. The Hall–Kier alpha value is -4.09. The molecule has 0 bridgehead atoms. The van der Waals surface area contributed by atoms with Crippen molar-refractivity contribution >= 4 is 35.5 Å². The van der Waals surface area contributed by atoms with Crippen LogP contribution in [-0.4, -0.2) is 133 Å². The van der Waals surface area contributed by atoms with E-state index in [0.29, 0.717) is 44.3 Å². The molecular formula is C28H44N8O9. The first-order valence-corrected chi connectivity index (χ1v) is 15.1. The van der Waals surface area contributed by atoms with Crippen molar-refractivity contribution < 1.29 is 44.1 Å². The fraction of sp³-hybridized carbons (Fsp3) is 0.679. The average Bonchev–Trinajstić information content (AvgIpc) is 3.79. The molecular weight excluding hydrogens is 592 g/mol. The van der Waals surface area contributed by atoms with Crippen LogP contribution in [-0.2, 0) is 35.2 Å². The molecule has 2 aliphatic rings. The van der Waals surface area contributed by atoms with Gasteiger partial charge in [-0.3, -0.25) is 24.0 Å². The third-order valence-electron chi connectivity index (χ3n) is 7.93. The zero-order valence-electron chi connectivity index (χ0n) is 25.5. The summed E-state index contributed by atoms with van der Waals surface area (Å²) in [7, 11) is 0. The van der Waals surface area contributed by atoms with Crippen LogP contribution in [0.4, 0.5) is 0 Å². The van der Waals surface area contributed by atoms with Gasteiger partial charge in [-0.05, 0) is 38.0 Å². The molecule has 1 aromatic heterocycles. The summed E-state index contributed by atoms with van der Waals surface area (Å²) in [6, 6.07) is -6.94. The Morgan fingerprint density at radius 3 is 2.11 bits per heavy atom. The maximum absolute atomic E-state index is 13.7. The minimum absolute atomic E-state index is 0.0922. The van der Waals surface area contributed by atoms with E-state index < -0.39 is 73.2 Å². The number of aromatic nitrogens is 2. The van der Waals surface area contributed by atoms with Gasteiger partial charge in [-0.2, -0.15) is 0 Å². The van der Waals surface area contributed by atoms with Gasteiger partial charge >= 0.3 is 5.97 Å². The number of likely N-dealkylation sites (tertiary alicyclic amines) is 2. The summed E-state index contributed by atoms with van der Waals surface area (Å²) >= 11 is 0. The first-order chi connectivity index (χ1) is 21.4. The monoisotopic (exact) mass is 636 g/mol. The first kappa shape index (κ1) is 35.4. The van der Waals surface area contributed by atoms with Crippen molar-refractivity contribution in [1.82, 2.24) is 35.7 Å². The minimum Gasteiger partial charge on any atom is -0.480 e. The van der Waals surface area contributed by atoms with Crippen molar-refractivity contribution in [2.24, 2.45) is 11.7 Å². The number of aromatic amines is 1. The lowest BCUT2D eigenvalue weighted by atomic mass is 10.0. The van der Waals surface area contributed by atoms with E-state index in [4.69, 9.17) is 10.8 Å². The van der Waals surface area contributed by atoms with Crippen LogP contribution < -0.4 is 21.7 Å². The molecule has 3 rings (SSSR count). The Bertz CT molecular complexity index is 1210. The topological polar surface area (TPSA) is 260 Å². The molecule has 2 fully saturated rings. The smallest absolute Gasteiger partial charge is 0.328 e. The number of aliphatic hydroxyl groups is 2. The van der Waals surface area contributed by atoms with Gasteiger partial charge in [0.25, 0.3) is 0 Å². The number of nitrogens with two attached hydrogens (primary N) is 1. The molecule has 17 nitrogen and oxygen atoms in total. The Morgan fingerprint density at radius 1 is 0.933 bits per heavy atom. The minimum atomic E-state index is -1.66. The number of nitrogens with one attached hydrogen (secondary N) is 4. The number of carboxylic acid groups (broad SMARTS) is 1. The fourth-order valence-corrected chi connectivity index (χ4v) is 5.62. The van der Waals surface area contributed by atoms with Gasteiger partial charge in [0.1, 0.15) is 30.2 Å². The molecule has 9 N–H and O–H groups in total. The third kappa shape index (κ3) is 9.21. The molecule has 17 heteroatoms. The summed E-state index contributed by atoms with van der Waals surface area (Å²) in [4.78, 5) is 87.0. The van der Waals surface area contributed by atoms with Gasteiger partial charge in [0.2, 0.25) is 29.5 Å². The van der Waals surface area contributed by atoms with Crippen LogP contribution >= 0.6 is 0 Å². The largest absolute Gasteiger partial charge is 0.480 e. The van der Waals surface area contributed by atoms with E-state index in [0.717, 1.165) is 0 Å². The Morgan fingerprint density at radius 2 is 1.53 bits per heavy atom. The molecule has 250 valence electrons. The summed E-state index contributed by atoms with van der Waals surface area (Å²) in [6.45, 7) is 2.77. The molecule has 0 saturated carbocycles. The van der Waals surface area contributed by atoms with E-state index in [9.17, 15) is 39.0 Å². The van der Waals surface area contributed by atoms with Gasteiger partial charge in [-0.1, -0.05) is 13.8 Å². The van der Waals surface area contributed by atoms with Gasteiger partial charge in [-0.15, -0.1) is 0 Å². The quantitative estimate of drug-likeness (QED) is 0.0952. The molecule has 5 amide bonds. The molecule has 0 radical (unpaired) electrons. The number of aliphatic hydroxyl groups excluding tert-OH is 2. The lowest BCUT2D eigenvalue weighted by Gasteiger charge is -2.33. The molecule has 0 aromatic carbocycles. The molecule has 2 aliphatic heterocycles. The molecule has 2 saturated heterocycles. The molecule has 6 atom stereocenters. The van der Waals surface area contributed by atoms with Gasteiger partial charge < -0.3 is 51.8 Å². The second kappa shape index (κ2) is 16.3. The predicted molar refractivity (Wildman–Crippen MR) is 157 cm³/mol. The zero-order chi connectivity index (χ0) is 33.3. The second-order valence-electron chi connectivity index (χ2n) is 11.8. The summed E-state index contributed by atoms with van der Waals surface area (Å²) in [6.07, 6.45) is 5.10. The summed E-state index contributed by atoms with van der Waals surface area (Å²) in [5, 5.41) is 35.0. The summed E-state index contributed by atoms with van der Waals surface area (Å²) < 4.78 is 0. The van der Waals surface area contributed by atoms with Crippen LogP contribution in [0.25, 0.3) is 0 Å². The number of aliphatic carboxylic acids is 1. The van der Waals surface area contributed by atoms with Crippen LogP contribution in [0.3, 0.4) is 0 Å². The number of imidazole rings is 1. The normalized spacial score (nSPS) is 20.8. The average molecular weight is 637 g/mol. The number of hydrogen-bond acceptors (Lipinski definition) is 10. The molecule has 1 aromatic rings. The predicted octanol–water partition coefficient (Wildman–Crippen LogP) is -3.17. The number of nitrogens with zero attached hydrogens (tertiary/aromatic N) is 3. The van der Waals surface area contributed by atoms with Crippen molar-refractivity contribution in [1.29, 1.82) is 0 Å². The third-order valence-corrected chi connectivity index (χ3v) is 7.93. The van der Waals surface area contributed by atoms with E-state index in [1.807, 2.05) is 19.2 Å². The number of hydrogen-bond donors (Lipinski definition) is 8. The van der Waals surface area contributed by atoms with E-state index in [-0.39, 0.29) is 30.7 Å². The van der Waals surface area contributed by atoms with Crippen LogP contribution in [0.5, 0.6) is 0 Å². The number of carbonyl (C=O) groups is 6. The van der Waals surface area contributed by atoms with Crippen LogP contribution in [0.15, 0.2) is 12.5 Å². The van der Waals surface area contributed by atoms with Crippen molar-refractivity contribution in [2.75, 3.05) is 26.3 Å². The van der Waals surface area contributed by atoms with Gasteiger partial charge in [-0.25, -0.2) is 9.78 Å². The highest BCUT2D eigenvalue weighted by molar-refractivity contribution is 5.97. The summed E-state index contributed by atoms with van der Waals surface area (Å²) in [5.41, 5.74) is 6.59. The number of amides is 5.